The number of aryl methyl sites for hydroxylation is 1. The van der Waals surface area contributed by atoms with Crippen LogP contribution in [0.25, 0.3) is 0 Å². The molecule has 144 valence electrons. The zero-order valence-corrected chi connectivity index (χ0v) is 16.8. The van der Waals surface area contributed by atoms with E-state index in [0.29, 0.717) is 5.56 Å². The molecule has 0 saturated heterocycles. The summed E-state index contributed by atoms with van der Waals surface area (Å²) in [6.45, 7) is 0.112. The average molecular weight is 402 g/mol. The van der Waals surface area contributed by atoms with E-state index in [4.69, 9.17) is 0 Å². The fraction of sp³-hybridized carbons (Fsp3) is 0.375. The van der Waals surface area contributed by atoms with Crippen molar-refractivity contribution in [2.24, 2.45) is 7.05 Å². The van der Waals surface area contributed by atoms with Gasteiger partial charge in [-0.05, 0) is 18.7 Å². The van der Waals surface area contributed by atoms with E-state index in [1.54, 1.807) is 49.4 Å². The summed E-state index contributed by atoms with van der Waals surface area (Å²) in [4.78, 5) is 12.7. The summed E-state index contributed by atoms with van der Waals surface area (Å²) in [5.41, 5.74) is 1.27. The minimum Gasteiger partial charge on any atom is -0.350 e. The van der Waals surface area contributed by atoms with Crippen molar-refractivity contribution in [1.82, 2.24) is 24.7 Å². The largest absolute Gasteiger partial charge is 0.350 e. The first-order valence-corrected chi connectivity index (χ1v) is 9.15. The molecule has 1 heterocycles. The molecule has 1 aromatic carbocycles. The molecule has 1 aromatic heterocycles. The number of hydrogen-bond acceptors (Lipinski definition) is 5. The zero-order valence-electron chi connectivity index (χ0n) is 15.1. The van der Waals surface area contributed by atoms with Gasteiger partial charge in [-0.15, -0.1) is 12.4 Å². The number of carbonyl (C=O) groups excluding carboxylic acids is 1. The van der Waals surface area contributed by atoms with Crippen LogP contribution in [0.4, 0.5) is 0 Å². The van der Waals surface area contributed by atoms with Crippen molar-refractivity contribution in [2.75, 3.05) is 21.1 Å². The smallest absolute Gasteiger partial charge is 0.242 e. The quantitative estimate of drug-likeness (QED) is 0.710. The molecule has 26 heavy (non-hydrogen) atoms. The van der Waals surface area contributed by atoms with Crippen LogP contribution in [0.2, 0.25) is 0 Å². The number of aromatic nitrogens is 2. The highest BCUT2D eigenvalue weighted by Crippen LogP contribution is 2.19. The number of benzene rings is 1. The summed E-state index contributed by atoms with van der Waals surface area (Å²) in [6, 6.07) is 6.06. The lowest BCUT2D eigenvalue weighted by Crippen LogP contribution is -2.36. The Hall–Kier alpha value is -1.94. The molecule has 1 amide bonds. The van der Waals surface area contributed by atoms with Gasteiger partial charge >= 0.3 is 0 Å². The molecule has 0 bridgehead atoms. The number of sulfonamides is 1. The second-order valence-corrected chi connectivity index (χ2v) is 7.90. The fourth-order valence-corrected chi connectivity index (χ4v) is 3.54. The van der Waals surface area contributed by atoms with Crippen LogP contribution in [-0.2, 0) is 28.4 Å². The lowest BCUT2D eigenvalue weighted by Gasteiger charge is -2.17. The number of amides is 1. The topological polar surface area (TPSA) is 96.3 Å². The summed E-state index contributed by atoms with van der Waals surface area (Å²) >= 11 is 0. The van der Waals surface area contributed by atoms with Crippen LogP contribution in [0.5, 0.6) is 0 Å². The molecule has 8 nitrogen and oxygen atoms in total. The van der Waals surface area contributed by atoms with Gasteiger partial charge in [-0.25, -0.2) is 12.7 Å². The predicted molar refractivity (Wildman–Crippen MR) is 101 cm³/mol. The van der Waals surface area contributed by atoms with E-state index in [1.165, 1.54) is 20.2 Å². The number of carbonyl (C=O) groups is 1. The van der Waals surface area contributed by atoms with Gasteiger partial charge in [0.25, 0.3) is 0 Å². The van der Waals surface area contributed by atoms with Crippen LogP contribution in [0, 0.1) is 0 Å². The minimum absolute atomic E-state index is 0. The minimum atomic E-state index is -3.58. The lowest BCUT2D eigenvalue weighted by molar-refractivity contribution is -0.123. The third-order valence-electron chi connectivity index (χ3n) is 3.79. The number of likely N-dealkylation sites (N-methyl/N-ethyl adjacent to an activating group) is 1. The van der Waals surface area contributed by atoms with E-state index in [-0.39, 0.29) is 29.8 Å². The predicted octanol–water partition coefficient (Wildman–Crippen LogP) is 0.669. The highest BCUT2D eigenvalue weighted by atomic mass is 35.5. The third-order valence-corrected chi connectivity index (χ3v) is 5.71. The van der Waals surface area contributed by atoms with Crippen molar-refractivity contribution in [3.05, 3.63) is 47.8 Å². The fourth-order valence-electron chi connectivity index (χ4n) is 2.42. The van der Waals surface area contributed by atoms with Crippen LogP contribution in [0.1, 0.15) is 17.2 Å². The van der Waals surface area contributed by atoms with Crippen molar-refractivity contribution in [2.45, 2.75) is 17.5 Å². The summed E-state index contributed by atoms with van der Waals surface area (Å²) in [7, 11) is 2.83. The molecule has 0 aliphatic heterocycles. The number of nitrogens with one attached hydrogen (secondary N) is 2. The van der Waals surface area contributed by atoms with E-state index in [9.17, 15) is 13.2 Å². The number of halogens is 1. The summed E-state index contributed by atoms with van der Waals surface area (Å²) in [6.07, 6.45) is 3.37. The molecule has 0 aliphatic rings. The van der Waals surface area contributed by atoms with Gasteiger partial charge in [-0.2, -0.15) is 5.10 Å². The average Bonchev–Trinajstić information content (AvgIpc) is 2.99. The highest BCUT2D eigenvalue weighted by molar-refractivity contribution is 7.89. The second kappa shape index (κ2) is 9.13. The Morgan fingerprint density at radius 3 is 2.50 bits per heavy atom. The Morgan fingerprint density at radius 1 is 1.31 bits per heavy atom. The van der Waals surface area contributed by atoms with Crippen LogP contribution < -0.4 is 10.6 Å². The monoisotopic (exact) mass is 401 g/mol. The Labute approximate surface area is 160 Å². The lowest BCUT2D eigenvalue weighted by atomic mass is 10.1. The molecule has 0 spiro atoms. The van der Waals surface area contributed by atoms with E-state index < -0.39 is 16.1 Å². The molecular formula is C16H24ClN5O3S. The molecule has 2 rings (SSSR count). The maximum Gasteiger partial charge on any atom is 0.242 e. The van der Waals surface area contributed by atoms with Crippen molar-refractivity contribution in [1.29, 1.82) is 0 Å². The molecule has 0 saturated carbocycles. The van der Waals surface area contributed by atoms with Gasteiger partial charge in [-0.1, -0.05) is 18.2 Å². The van der Waals surface area contributed by atoms with Gasteiger partial charge in [0.15, 0.2) is 0 Å². The molecule has 0 aliphatic carbocycles. The van der Waals surface area contributed by atoms with Crippen LogP contribution in [-0.4, -0.2) is 49.6 Å². The second-order valence-electron chi connectivity index (χ2n) is 5.78. The Bertz CT molecular complexity index is 851. The van der Waals surface area contributed by atoms with Gasteiger partial charge in [0.1, 0.15) is 6.04 Å². The van der Waals surface area contributed by atoms with Crippen LogP contribution in [0.15, 0.2) is 41.6 Å². The number of hydrogen-bond donors (Lipinski definition) is 2. The van der Waals surface area contributed by atoms with Crippen molar-refractivity contribution < 1.29 is 13.2 Å². The van der Waals surface area contributed by atoms with Crippen molar-refractivity contribution >= 4 is 28.3 Å². The van der Waals surface area contributed by atoms with Gasteiger partial charge in [0.2, 0.25) is 15.9 Å². The summed E-state index contributed by atoms with van der Waals surface area (Å²) < 4.78 is 27.6. The normalized spacial score (nSPS) is 12.5. The first-order valence-electron chi connectivity index (χ1n) is 7.71. The first kappa shape index (κ1) is 22.1. The van der Waals surface area contributed by atoms with Gasteiger partial charge < -0.3 is 10.6 Å². The Balaban J connectivity index is 0.00000338. The molecule has 2 aromatic rings. The van der Waals surface area contributed by atoms with E-state index in [2.05, 4.69) is 15.7 Å². The number of nitrogens with zero attached hydrogens (tertiary/aromatic N) is 3. The van der Waals surface area contributed by atoms with E-state index >= 15 is 0 Å². The van der Waals surface area contributed by atoms with Gasteiger partial charge in [-0.3, -0.25) is 9.48 Å². The molecule has 0 radical (unpaired) electrons. The summed E-state index contributed by atoms with van der Waals surface area (Å²) in [5, 5.41) is 9.79. The van der Waals surface area contributed by atoms with Crippen LogP contribution >= 0.6 is 12.4 Å². The maximum absolute atomic E-state index is 12.5. The molecule has 1 unspecified atom stereocenters. The molecular weight excluding hydrogens is 378 g/mol. The van der Waals surface area contributed by atoms with Crippen molar-refractivity contribution in [3.8, 4) is 0 Å². The zero-order chi connectivity index (χ0) is 18.6. The number of rotatable bonds is 7. The third kappa shape index (κ3) is 4.82. The molecule has 1 atom stereocenters. The highest BCUT2D eigenvalue weighted by Gasteiger charge is 2.23. The Kier molecular flexibility index (Phi) is 7.76. The maximum atomic E-state index is 12.5. The first-order chi connectivity index (χ1) is 11.8. The Morgan fingerprint density at radius 2 is 1.96 bits per heavy atom. The van der Waals surface area contributed by atoms with Crippen LogP contribution in [0.3, 0.4) is 0 Å². The van der Waals surface area contributed by atoms with E-state index in [1.807, 2.05) is 0 Å². The van der Waals surface area contributed by atoms with Gasteiger partial charge in [0.05, 0.1) is 11.1 Å². The van der Waals surface area contributed by atoms with E-state index in [0.717, 1.165) is 9.87 Å². The SMILES string of the molecule is CNC(C(=O)NCc1ccccc1S(=O)(=O)N(C)C)c1cnn(C)c1.Cl. The molecule has 10 heteroatoms. The van der Waals surface area contributed by atoms with Crippen molar-refractivity contribution in [3.63, 3.8) is 0 Å². The standard InChI is InChI=1S/C16H23N5O3S.ClH/c1-17-15(13-10-19-21(4)11-13)16(22)18-9-12-7-5-6-8-14(12)25(23,24)20(2)3;/h5-8,10-11,15,17H,9H2,1-4H3,(H,18,22);1H. The molecule has 0 fully saturated rings. The summed E-state index contributed by atoms with van der Waals surface area (Å²) in [5.74, 6) is -0.257. The molecule has 2 N–H and O–H groups in total. The van der Waals surface area contributed by atoms with Gasteiger partial charge in [0, 0.05) is 39.4 Å².